The van der Waals surface area contributed by atoms with E-state index in [9.17, 15) is 0 Å². The van der Waals surface area contributed by atoms with E-state index in [0.29, 0.717) is 12.2 Å². The zero-order valence-corrected chi connectivity index (χ0v) is 11.0. The minimum atomic E-state index is 0.324. The van der Waals surface area contributed by atoms with E-state index < -0.39 is 0 Å². The largest absolute Gasteiger partial charge is 0.369 e. The number of hydrogen-bond donors (Lipinski definition) is 0. The van der Waals surface area contributed by atoms with E-state index in [-0.39, 0.29) is 0 Å². The van der Waals surface area contributed by atoms with Gasteiger partial charge in [-0.15, -0.1) is 11.3 Å². The maximum absolute atomic E-state index is 5.85. The first-order valence-corrected chi connectivity index (χ1v) is 7.04. The van der Waals surface area contributed by atoms with Crippen molar-refractivity contribution >= 4 is 43.2 Å². The summed E-state index contributed by atoms with van der Waals surface area (Å²) in [7, 11) is 0. The van der Waals surface area contributed by atoms with Crippen LogP contribution in [0.25, 0.3) is 0 Å². The molecule has 1 aromatic heterocycles. The zero-order chi connectivity index (χ0) is 9.26. The average molecular weight is 326 g/mol. The lowest BCUT2D eigenvalue weighted by molar-refractivity contribution is 0.0591. The Labute approximate surface area is 98.7 Å². The summed E-state index contributed by atoms with van der Waals surface area (Å²) in [6.45, 7) is 0. The highest BCUT2D eigenvalue weighted by atomic mass is 79.9. The molecule has 1 saturated heterocycles. The molecule has 0 aliphatic carbocycles. The van der Waals surface area contributed by atoms with Gasteiger partial charge in [0.25, 0.3) is 0 Å². The third-order valence-corrected chi connectivity index (χ3v) is 4.48. The van der Waals surface area contributed by atoms with Crippen molar-refractivity contribution in [2.24, 2.45) is 0 Å². The van der Waals surface area contributed by atoms with Gasteiger partial charge in [0, 0.05) is 5.33 Å². The Morgan fingerprint density at radius 3 is 2.92 bits per heavy atom. The molecular formula is C9H10Br2OS. The van der Waals surface area contributed by atoms with Crippen molar-refractivity contribution in [2.45, 2.75) is 25.0 Å². The zero-order valence-electron chi connectivity index (χ0n) is 7.00. The quantitative estimate of drug-likeness (QED) is 0.743. The van der Waals surface area contributed by atoms with Crippen LogP contribution < -0.4 is 0 Å². The fourth-order valence-corrected chi connectivity index (χ4v) is 3.25. The van der Waals surface area contributed by atoms with Gasteiger partial charge in [0.05, 0.1) is 16.0 Å². The Morgan fingerprint density at radius 1 is 1.54 bits per heavy atom. The van der Waals surface area contributed by atoms with Crippen molar-refractivity contribution in [3.8, 4) is 0 Å². The summed E-state index contributed by atoms with van der Waals surface area (Å²) in [5, 5.41) is 3.13. The van der Waals surface area contributed by atoms with E-state index in [1.54, 1.807) is 11.3 Å². The molecular weight excluding hydrogens is 316 g/mol. The highest BCUT2D eigenvalue weighted by Crippen LogP contribution is 2.36. The van der Waals surface area contributed by atoms with Crippen LogP contribution >= 0.6 is 43.2 Å². The van der Waals surface area contributed by atoms with E-state index in [4.69, 9.17) is 4.74 Å². The van der Waals surface area contributed by atoms with Crippen molar-refractivity contribution in [3.63, 3.8) is 0 Å². The molecule has 72 valence electrons. The molecule has 0 N–H and O–H groups in total. The lowest BCUT2D eigenvalue weighted by Gasteiger charge is -2.09. The molecule has 2 atom stereocenters. The van der Waals surface area contributed by atoms with Gasteiger partial charge in [0.15, 0.2) is 0 Å². The standard InChI is InChI=1S/C9H10Br2OS/c10-4-7-1-2-8(12-7)6-3-9(11)13-5-6/h3,5,7-8H,1-2,4H2. The van der Waals surface area contributed by atoms with Gasteiger partial charge in [-0.25, -0.2) is 0 Å². The van der Waals surface area contributed by atoms with Crippen molar-refractivity contribution in [1.29, 1.82) is 0 Å². The van der Waals surface area contributed by atoms with Crippen LogP contribution in [0, 0.1) is 0 Å². The molecule has 0 radical (unpaired) electrons. The Morgan fingerprint density at radius 2 is 2.38 bits per heavy atom. The van der Waals surface area contributed by atoms with Gasteiger partial charge in [0.1, 0.15) is 0 Å². The second kappa shape index (κ2) is 4.43. The predicted octanol–water partition coefficient (Wildman–Crippen LogP) is 4.13. The molecule has 2 unspecified atom stereocenters. The summed E-state index contributed by atoms with van der Waals surface area (Å²) in [5.74, 6) is 0. The predicted molar refractivity (Wildman–Crippen MR) is 62.7 cm³/mol. The van der Waals surface area contributed by atoms with Gasteiger partial charge in [0.2, 0.25) is 0 Å². The first-order chi connectivity index (χ1) is 6.29. The third kappa shape index (κ3) is 2.35. The fourth-order valence-electron chi connectivity index (χ4n) is 1.56. The summed E-state index contributed by atoms with van der Waals surface area (Å²) < 4.78 is 7.04. The molecule has 1 aliphatic rings. The molecule has 0 spiro atoms. The Balaban J connectivity index is 2.03. The Hall–Kier alpha value is 0.620. The van der Waals surface area contributed by atoms with Crippen LogP contribution in [0.4, 0.5) is 0 Å². The number of halogens is 2. The van der Waals surface area contributed by atoms with E-state index in [2.05, 4.69) is 43.3 Å². The second-order valence-electron chi connectivity index (χ2n) is 3.16. The molecule has 1 aromatic rings. The van der Waals surface area contributed by atoms with Crippen LogP contribution in [-0.4, -0.2) is 11.4 Å². The molecule has 2 heterocycles. The molecule has 0 saturated carbocycles. The number of hydrogen-bond acceptors (Lipinski definition) is 2. The lowest BCUT2D eigenvalue weighted by Crippen LogP contribution is -2.06. The van der Waals surface area contributed by atoms with Crippen molar-refractivity contribution in [1.82, 2.24) is 0 Å². The van der Waals surface area contributed by atoms with E-state index >= 15 is 0 Å². The Bertz CT molecular complexity index is 287. The molecule has 4 heteroatoms. The van der Waals surface area contributed by atoms with Crippen LogP contribution in [0.1, 0.15) is 24.5 Å². The topological polar surface area (TPSA) is 9.23 Å². The molecule has 0 amide bonds. The normalized spacial score (nSPS) is 28.2. The van der Waals surface area contributed by atoms with Crippen LogP contribution in [0.15, 0.2) is 15.2 Å². The number of ether oxygens (including phenoxy) is 1. The lowest BCUT2D eigenvalue weighted by atomic mass is 10.1. The van der Waals surface area contributed by atoms with Gasteiger partial charge in [-0.3, -0.25) is 0 Å². The fraction of sp³-hybridized carbons (Fsp3) is 0.556. The number of thiophene rings is 1. The van der Waals surface area contributed by atoms with Crippen LogP contribution in [0.5, 0.6) is 0 Å². The van der Waals surface area contributed by atoms with E-state index in [0.717, 1.165) is 11.8 Å². The molecule has 1 fully saturated rings. The molecule has 1 aliphatic heterocycles. The van der Waals surface area contributed by atoms with Gasteiger partial charge in [-0.05, 0) is 45.8 Å². The van der Waals surface area contributed by atoms with Gasteiger partial charge >= 0.3 is 0 Å². The average Bonchev–Trinajstić information content (AvgIpc) is 2.71. The maximum atomic E-state index is 5.85. The third-order valence-electron chi connectivity index (χ3n) is 2.24. The summed E-state index contributed by atoms with van der Waals surface area (Å²) in [4.78, 5) is 0. The monoisotopic (exact) mass is 324 g/mol. The van der Waals surface area contributed by atoms with Gasteiger partial charge in [-0.2, -0.15) is 0 Å². The smallest absolute Gasteiger partial charge is 0.0838 e. The second-order valence-corrected chi connectivity index (χ2v) is 6.10. The number of rotatable bonds is 2. The summed E-state index contributed by atoms with van der Waals surface area (Å²) in [5.41, 5.74) is 1.32. The summed E-state index contributed by atoms with van der Waals surface area (Å²) >= 11 is 8.64. The summed E-state index contributed by atoms with van der Waals surface area (Å²) in [6.07, 6.45) is 3.05. The SMILES string of the molecule is BrCC1CCC(c2csc(Br)c2)O1. The van der Waals surface area contributed by atoms with Crippen molar-refractivity contribution in [3.05, 3.63) is 20.8 Å². The first kappa shape index (κ1) is 10.1. The van der Waals surface area contributed by atoms with Crippen LogP contribution in [0.2, 0.25) is 0 Å². The minimum absolute atomic E-state index is 0.324. The highest BCUT2D eigenvalue weighted by Gasteiger charge is 2.26. The van der Waals surface area contributed by atoms with Crippen LogP contribution in [0.3, 0.4) is 0 Å². The first-order valence-electron chi connectivity index (χ1n) is 4.25. The molecule has 1 nitrogen and oxygen atoms in total. The van der Waals surface area contributed by atoms with Gasteiger partial charge in [-0.1, -0.05) is 15.9 Å². The van der Waals surface area contributed by atoms with Crippen molar-refractivity contribution in [2.75, 3.05) is 5.33 Å². The van der Waals surface area contributed by atoms with Crippen LogP contribution in [-0.2, 0) is 4.74 Å². The molecule has 13 heavy (non-hydrogen) atoms. The maximum Gasteiger partial charge on any atom is 0.0838 e. The van der Waals surface area contributed by atoms with E-state index in [1.165, 1.54) is 15.8 Å². The summed E-state index contributed by atoms with van der Waals surface area (Å²) in [6, 6.07) is 2.16. The minimum Gasteiger partial charge on any atom is -0.369 e. The highest BCUT2D eigenvalue weighted by molar-refractivity contribution is 9.11. The Kier molecular flexibility index (Phi) is 3.46. The van der Waals surface area contributed by atoms with Crippen molar-refractivity contribution < 1.29 is 4.74 Å². The molecule has 0 aromatic carbocycles. The molecule has 0 bridgehead atoms. The van der Waals surface area contributed by atoms with Gasteiger partial charge < -0.3 is 4.74 Å². The molecule has 2 rings (SSSR count). The number of alkyl halides is 1. The van der Waals surface area contributed by atoms with E-state index in [1.807, 2.05) is 0 Å².